The van der Waals surface area contributed by atoms with E-state index >= 15 is 0 Å². The largest absolute Gasteiger partial charge is 0.463 e. The topological polar surface area (TPSA) is 81.7 Å². The highest BCUT2D eigenvalue weighted by molar-refractivity contribution is 7.99. The summed E-state index contributed by atoms with van der Waals surface area (Å²) in [7, 11) is 0. The summed E-state index contributed by atoms with van der Waals surface area (Å²) in [4.78, 5) is 32.8. The molecule has 6 nitrogen and oxygen atoms in total. The van der Waals surface area contributed by atoms with E-state index < -0.39 is 5.97 Å². The Kier molecular flexibility index (Phi) is 15.2. The van der Waals surface area contributed by atoms with E-state index in [1.807, 2.05) is 6.26 Å². The van der Waals surface area contributed by atoms with Crippen molar-refractivity contribution in [2.24, 2.45) is 0 Å². The summed E-state index contributed by atoms with van der Waals surface area (Å²) in [5.41, 5.74) is 0. The highest BCUT2D eigenvalue weighted by Crippen LogP contribution is 1.94. The first kappa shape index (κ1) is 21.2. The lowest BCUT2D eigenvalue weighted by Gasteiger charge is -2.06. The zero-order valence-corrected chi connectivity index (χ0v) is 12.2. The Bertz CT molecular complexity index is 296. The van der Waals surface area contributed by atoms with Gasteiger partial charge in [0.25, 0.3) is 0 Å². The maximum atomic E-state index is 11.1. The molecule has 0 heterocycles. The molecule has 0 spiro atoms. The molecule has 0 aromatic rings. The van der Waals surface area contributed by atoms with Crippen LogP contribution in [0.2, 0.25) is 0 Å². The van der Waals surface area contributed by atoms with E-state index in [2.05, 4.69) is 5.32 Å². The molecule has 0 aromatic carbocycles. The van der Waals surface area contributed by atoms with Crippen LogP contribution in [0.5, 0.6) is 0 Å². The number of hydrogen-bond acceptors (Lipinski definition) is 6. The lowest BCUT2D eigenvalue weighted by atomic mass is 10.2. The number of thioether (sulfide) groups is 1. The fourth-order valence-corrected chi connectivity index (χ4v) is 1.48. The van der Waals surface area contributed by atoms with Crippen molar-refractivity contribution in [3.63, 3.8) is 0 Å². The molecule has 0 saturated heterocycles. The summed E-state index contributed by atoms with van der Waals surface area (Å²) in [6.45, 7) is 2.70. The standard InChI is InChI=1S/C12H21NO5S.CH4/c1-10(14)3-4-12(16)18-8-7-17-6-5-13-11(15)9-19-2;/h3-9H2,1-2H3,(H,13,15);1H4. The normalized spacial score (nSPS) is 9.50. The number of Topliss-reactive ketones (excluding diaryl/α,β-unsaturated/α-hetero) is 1. The second-order valence-corrected chi connectivity index (χ2v) is 4.68. The van der Waals surface area contributed by atoms with Crippen molar-refractivity contribution in [1.82, 2.24) is 5.32 Å². The minimum atomic E-state index is -0.396. The number of ether oxygens (including phenoxy) is 2. The Balaban J connectivity index is 0. The number of hydrogen-bond donors (Lipinski definition) is 1. The smallest absolute Gasteiger partial charge is 0.306 e. The predicted molar refractivity (Wildman–Crippen MR) is 79.8 cm³/mol. The van der Waals surface area contributed by atoms with Crippen LogP contribution >= 0.6 is 11.8 Å². The van der Waals surface area contributed by atoms with Crippen LogP contribution in [0.3, 0.4) is 0 Å². The molecule has 0 bridgehead atoms. The van der Waals surface area contributed by atoms with Crippen LogP contribution in [-0.4, -0.2) is 56.0 Å². The van der Waals surface area contributed by atoms with E-state index in [0.29, 0.717) is 18.9 Å². The number of carbonyl (C=O) groups excluding carboxylic acids is 3. The monoisotopic (exact) mass is 307 g/mol. The molecule has 1 N–H and O–H groups in total. The molecule has 7 heteroatoms. The summed E-state index contributed by atoms with van der Waals surface area (Å²) in [5, 5.41) is 2.69. The van der Waals surface area contributed by atoms with Crippen LogP contribution < -0.4 is 5.32 Å². The van der Waals surface area contributed by atoms with Gasteiger partial charge in [-0.3, -0.25) is 9.59 Å². The van der Waals surface area contributed by atoms with Gasteiger partial charge in [0.2, 0.25) is 5.91 Å². The summed E-state index contributed by atoms with van der Waals surface area (Å²) in [6, 6.07) is 0. The average Bonchev–Trinajstić information content (AvgIpc) is 2.35. The first-order valence-corrected chi connectivity index (χ1v) is 7.44. The molecule has 0 fully saturated rings. The van der Waals surface area contributed by atoms with Gasteiger partial charge in [0.1, 0.15) is 12.4 Å². The van der Waals surface area contributed by atoms with Crippen LogP contribution in [0.25, 0.3) is 0 Å². The number of rotatable bonds is 11. The number of amides is 1. The second-order valence-electron chi connectivity index (χ2n) is 3.82. The van der Waals surface area contributed by atoms with Crippen molar-refractivity contribution >= 4 is 29.4 Å². The van der Waals surface area contributed by atoms with Crippen LogP contribution in [0.15, 0.2) is 0 Å². The van der Waals surface area contributed by atoms with Gasteiger partial charge in [-0.25, -0.2) is 0 Å². The SMILES string of the molecule is C.CSCC(=O)NCCOCCOC(=O)CCC(C)=O. The summed E-state index contributed by atoms with van der Waals surface area (Å²) in [6.07, 6.45) is 2.18. The lowest BCUT2D eigenvalue weighted by Crippen LogP contribution is -2.29. The minimum Gasteiger partial charge on any atom is -0.463 e. The molecule has 0 saturated carbocycles. The number of esters is 1. The van der Waals surface area contributed by atoms with Crippen molar-refractivity contribution in [2.75, 3.05) is 38.4 Å². The van der Waals surface area contributed by atoms with E-state index in [1.54, 1.807) is 0 Å². The van der Waals surface area contributed by atoms with Crippen molar-refractivity contribution in [2.45, 2.75) is 27.2 Å². The van der Waals surface area contributed by atoms with Gasteiger partial charge in [0.15, 0.2) is 0 Å². The zero-order valence-electron chi connectivity index (χ0n) is 11.4. The highest BCUT2D eigenvalue weighted by Gasteiger charge is 2.04. The van der Waals surface area contributed by atoms with E-state index in [0.717, 1.165) is 0 Å². The van der Waals surface area contributed by atoms with Crippen molar-refractivity contribution < 1.29 is 23.9 Å². The van der Waals surface area contributed by atoms with Gasteiger partial charge in [0, 0.05) is 13.0 Å². The van der Waals surface area contributed by atoms with Gasteiger partial charge in [-0.05, 0) is 13.2 Å². The third-order valence-corrected chi connectivity index (χ3v) is 2.57. The van der Waals surface area contributed by atoms with Crippen molar-refractivity contribution in [1.29, 1.82) is 0 Å². The third kappa shape index (κ3) is 15.0. The predicted octanol–water partition coefficient (Wildman–Crippen LogP) is 1.03. The molecule has 118 valence electrons. The highest BCUT2D eigenvalue weighted by atomic mass is 32.2. The summed E-state index contributed by atoms with van der Waals surface area (Å²) in [5.74, 6) is -0.0127. The summed E-state index contributed by atoms with van der Waals surface area (Å²) < 4.78 is 10.0. The quantitative estimate of drug-likeness (QED) is 0.453. The molecule has 0 rings (SSSR count). The van der Waals surface area contributed by atoms with E-state index in [9.17, 15) is 14.4 Å². The fraction of sp³-hybridized carbons (Fsp3) is 0.769. The molecular weight excluding hydrogens is 282 g/mol. The Morgan fingerprint density at radius 2 is 1.80 bits per heavy atom. The molecule has 20 heavy (non-hydrogen) atoms. The molecule has 0 atom stereocenters. The Morgan fingerprint density at radius 3 is 2.40 bits per heavy atom. The van der Waals surface area contributed by atoms with Gasteiger partial charge >= 0.3 is 5.97 Å². The van der Waals surface area contributed by atoms with Crippen molar-refractivity contribution in [3.05, 3.63) is 0 Å². The second kappa shape index (κ2) is 14.3. The number of nitrogens with one attached hydrogen (secondary N) is 1. The van der Waals surface area contributed by atoms with Gasteiger partial charge in [-0.15, -0.1) is 0 Å². The van der Waals surface area contributed by atoms with Crippen LogP contribution in [0, 0.1) is 0 Å². The molecule has 1 amide bonds. The van der Waals surface area contributed by atoms with Gasteiger partial charge in [-0.2, -0.15) is 11.8 Å². The minimum absolute atomic E-state index is 0. The number of ketones is 1. The Morgan fingerprint density at radius 1 is 1.10 bits per heavy atom. The molecule has 0 unspecified atom stereocenters. The third-order valence-electron chi connectivity index (χ3n) is 2.02. The Labute approximate surface area is 125 Å². The van der Waals surface area contributed by atoms with Crippen LogP contribution in [0.1, 0.15) is 27.2 Å². The van der Waals surface area contributed by atoms with Gasteiger partial charge in [-0.1, -0.05) is 7.43 Å². The van der Waals surface area contributed by atoms with E-state index in [-0.39, 0.29) is 45.2 Å². The maximum Gasteiger partial charge on any atom is 0.306 e. The molecule has 0 aliphatic rings. The number of carbonyl (C=O) groups is 3. The van der Waals surface area contributed by atoms with Crippen LogP contribution in [-0.2, 0) is 23.9 Å². The molecule has 0 radical (unpaired) electrons. The first-order chi connectivity index (χ1) is 9.06. The van der Waals surface area contributed by atoms with E-state index in [4.69, 9.17) is 9.47 Å². The molecule has 0 aliphatic carbocycles. The van der Waals surface area contributed by atoms with Gasteiger partial charge in [0.05, 0.1) is 25.4 Å². The van der Waals surface area contributed by atoms with Gasteiger partial charge < -0.3 is 19.6 Å². The zero-order chi connectivity index (χ0) is 14.5. The van der Waals surface area contributed by atoms with E-state index in [1.165, 1.54) is 18.7 Å². The summed E-state index contributed by atoms with van der Waals surface area (Å²) >= 11 is 1.46. The van der Waals surface area contributed by atoms with Crippen molar-refractivity contribution in [3.8, 4) is 0 Å². The molecule has 0 aromatic heterocycles. The maximum absolute atomic E-state index is 11.1. The first-order valence-electron chi connectivity index (χ1n) is 6.04. The fourth-order valence-electron chi connectivity index (χ4n) is 1.11. The lowest BCUT2D eigenvalue weighted by molar-refractivity contribution is -0.146. The average molecular weight is 307 g/mol. The molecule has 0 aliphatic heterocycles. The van der Waals surface area contributed by atoms with Crippen LogP contribution in [0.4, 0.5) is 0 Å². The molecular formula is C13H25NO5S. The Hall–Kier alpha value is -1.08.